The van der Waals surface area contributed by atoms with Crippen molar-refractivity contribution in [2.45, 2.75) is 19.4 Å². The minimum Gasteiger partial charge on any atom is -0.337 e. The topological polar surface area (TPSA) is 46.3 Å². The van der Waals surface area contributed by atoms with E-state index in [0.29, 0.717) is 6.54 Å². The molecule has 2 rings (SSSR count). The maximum absolute atomic E-state index is 12.2. The van der Waals surface area contributed by atoms with Crippen LogP contribution in [-0.2, 0) is 0 Å². The highest BCUT2D eigenvalue weighted by molar-refractivity contribution is 9.10. The Morgan fingerprint density at radius 1 is 1.56 bits per heavy atom. The van der Waals surface area contributed by atoms with Gasteiger partial charge >= 0.3 is 0 Å². The highest BCUT2D eigenvalue weighted by atomic mass is 79.9. The number of hydrogen-bond donors (Lipinski definition) is 1. The number of aryl methyl sites for hydroxylation is 1. The van der Waals surface area contributed by atoms with Crippen molar-refractivity contribution in [3.63, 3.8) is 0 Å². The van der Waals surface area contributed by atoms with Gasteiger partial charge in [-0.25, -0.2) is 0 Å². The van der Waals surface area contributed by atoms with Gasteiger partial charge in [0.05, 0.1) is 5.56 Å². The third-order valence-corrected chi connectivity index (χ3v) is 3.99. The van der Waals surface area contributed by atoms with Gasteiger partial charge in [-0.3, -0.25) is 4.79 Å². The summed E-state index contributed by atoms with van der Waals surface area (Å²) < 4.78 is 0.889. The van der Waals surface area contributed by atoms with E-state index < -0.39 is 0 Å². The molecule has 0 spiro atoms. The largest absolute Gasteiger partial charge is 0.337 e. The van der Waals surface area contributed by atoms with Crippen molar-refractivity contribution in [2.24, 2.45) is 5.73 Å². The molecule has 1 saturated heterocycles. The van der Waals surface area contributed by atoms with E-state index in [1.54, 1.807) is 0 Å². The Balaban J connectivity index is 2.24. The fraction of sp³-hybridized carbons (Fsp3) is 0.417. The molecule has 0 saturated carbocycles. The molecule has 2 N–H and O–H groups in total. The van der Waals surface area contributed by atoms with Crippen molar-refractivity contribution >= 4 is 21.8 Å². The maximum Gasteiger partial charge on any atom is 0.255 e. The third kappa shape index (κ3) is 2.13. The zero-order valence-corrected chi connectivity index (χ0v) is 10.8. The summed E-state index contributed by atoms with van der Waals surface area (Å²) in [5.41, 5.74) is 7.61. The molecule has 1 aromatic carbocycles. The summed E-state index contributed by atoms with van der Waals surface area (Å²) in [6, 6.07) is 5.87. The van der Waals surface area contributed by atoms with Gasteiger partial charge in [-0.15, -0.1) is 0 Å². The molecule has 1 aliphatic rings. The van der Waals surface area contributed by atoms with Crippen molar-refractivity contribution in [2.75, 3.05) is 13.1 Å². The molecule has 0 unspecified atom stereocenters. The van der Waals surface area contributed by atoms with Gasteiger partial charge in [-0.1, -0.05) is 12.1 Å². The monoisotopic (exact) mass is 282 g/mol. The van der Waals surface area contributed by atoms with Crippen molar-refractivity contribution in [1.29, 1.82) is 0 Å². The maximum atomic E-state index is 12.2. The summed E-state index contributed by atoms with van der Waals surface area (Å²) >= 11 is 3.46. The summed E-state index contributed by atoms with van der Waals surface area (Å²) in [7, 11) is 0. The van der Waals surface area contributed by atoms with Crippen molar-refractivity contribution in [3.8, 4) is 0 Å². The lowest BCUT2D eigenvalue weighted by Gasteiger charge is -2.17. The first-order chi connectivity index (χ1) is 7.59. The molecule has 1 heterocycles. The van der Waals surface area contributed by atoms with Crippen LogP contribution in [0, 0.1) is 6.92 Å². The van der Waals surface area contributed by atoms with Crippen LogP contribution in [0.1, 0.15) is 22.3 Å². The number of nitrogens with two attached hydrogens (primary N) is 1. The number of rotatable bonds is 1. The average Bonchev–Trinajstić information content (AvgIpc) is 2.68. The number of carbonyl (C=O) groups excluding carboxylic acids is 1. The van der Waals surface area contributed by atoms with Gasteiger partial charge in [-0.05, 0) is 40.9 Å². The first kappa shape index (κ1) is 11.6. The SMILES string of the molecule is Cc1cccc(C(=O)N2CC[C@@H](N)C2)c1Br. The Morgan fingerprint density at radius 3 is 2.94 bits per heavy atom. The predicted octanol–water partition coefficient (Wildman–Crippen LogP) is 1.93. The molecule has 3 nitrogen and oxygen atoms in total. The Labute approximate surface area is 104 Å². The van der Waals surface area contributed by atoms with Crippen molar-refractivity contribution in [3.05, 3.63) is 33.8 Å². The molecule has 86 valence electrons. The molecule has 0 aromatic heterocycles. The molecule has 0 bridgehead atoms. The number of nitrogens with zero attached hydrogens (tertiary/aromatic N) is 1. The lowest BCUT2D eigenvalue weighted by molar-refractivity contribution is 0.0790. The molecular formula is C12H15BrN2O. The molecule has 16 heavy (non-hydrogen) atoms. The zero-order valence-electron chi connectivity index (χ0n) is 9.24. The van der Waals surface area contributed by atoms with E-state index in [1.807, 2.05) is 30.0 Å². The lowest BCUT2D eigenvalue weighted by atomic mass is 10.1. The lowest BCUT2D eigenvalue weighted by Crippen LogP contribution is -2.32. The molecular weight excluding hydrogens is 268 g/mol. The van der Waals surface area contributed by atoms with Gasteiger partial charge in [0.2, 0.25) is 0 Å². The van der Waals surface area contributed by atoms with Crippen LogP contribution >= 0.6 is 15.9 Å². The molecule has 0 aliphatic carbocycles. The van der Waals surface area contributed by atoms with Gasteiger partial charge < -0.3 is 10.6 Å². The van der Waals surface area contributed by atoms with Crippen LogP contribution in [0.3, 0.4) is 0 Å². The number of carbonyl (C=O) groups is 1. The summed E-state index contributed by atoms with van der Waals surface area (Å²) in [6.07, 6.45) is 0.898. The number of halogens is 1. The zero-order chi connectivity index (χ0) is 11.7. The van der Waals surface area contributed by atoms with Crippen LogP contribution in [-0.4, -0.2) is 29.9 Å². The summed E-state index contributed by atoms with van der Waals surface area (Å²) in [4.78, 5) is 14.0. The Hall–Kier alpha value is -0.870. The summed E-state index contributed by atoms with van der Waals surface area (Å²) in [5, 5.41) is 0. The first-order valence-electron chi connectivity index (χ1n) is 5.39. The van der Waals surface area contributed by atoms with E-state index >= 15 is 0 Å². The second-order valence-corrected chi connectivity index (χ2v) is 5.03. The van der Waals surface area contributed by atoms with E-state index in [-0.39, 0.29) is 11.9 Å². The minimum atomic E-state index is 0.0727. The first-order valence-corrected chi connectivity index (χ1v) is 6.19. The van der Waals surface area contributed by atoms with Crippen LogP contribution < -0.4 is 5.73 Å². The smallest absolute Gasteiger partial charge is 0.255 e. The van der Waals surface area contributed by atoms with Gasteiger partial charge in [0.1, 0.15) is 0 Å². The molecule has 1 aromatic rings. The predicted molar refractivity (Wildman–Crippen MR) is 67.4 cm³/mol. The Morgan fingerprint density at radius 2 is 2.31 bits per heavy atom. The van der Waals surface area contributed by atoms with Gasteiger partial charge in [0.25, 0.3) is 5.91 Å². The van der Waals surface area contributed by atoms with E-state index in [9.17, 15) is 4.79 Å². The number of likely N-dealkylation sites (tertiary alicyclic amines) is 1. The number of hydrogen-bond acceptors (Lipinski definition) is 2. The average molecular weight is 283 g/mol. The second kappa shape index (κ2) is 4.55. The van der Waals surface area contributed by atoms with E-state index in [2.05, 4.69) is 15.9 Å². The number of benzene rings is 1. The molecule has 0 radical (unpaired) electrons. The molecule has 1 atom stereocenters. The molecule has 1 aliphatic heterocycles. The molecule has 4 heteroatoms. The van der Waals surface area contributed by atoms with E-state index in [0.717, 1.165) is 28.6 Å². The number of amides is 1. The molecule has 1 fully saturated rings. The van der Waals surface area contributed by atoms with Crippen LogP contribution in [0.15, 0.2) is 22.7 Å². The Bertz CT molecular complexity index is 419. The van der Waals surface area contributed by atoms with Crippen LogP contribution in [0.2, 0.25) is 0 Å². The normalized spacial score (nSPS) is 20.2. The highest BCUT2D eigenvalue weighted by Crippen LogP contribution is 2.23. The van der Waals surface area contributed by atoms with Gasteiger partial charge in [0, 0.05) is 23.6 Å². The fourth-order valence-electron chi connectivity index (χ4n) is 1.95. The van der Waals surface area contributed by atoms with E-state index in [1.165, 1.54) is 0 Å². The van der Waals surface area contributed by atoms with Crippen molar-refractivity contribution < 1.29 is 4.79 Å². The third-order valence-electron chi connectivity index (χ3n) is 2.93. The second-order valence-electron chi connectivity index (χ2n) is 4.24. The minimum absolute atomic E-state index is 0.0727. The van der Waals surface area contributed by atoms with E-state index in [4.69, 9.17) is 5.73 Å². The summed E-state index contributed by atoms with van der Waals surface area (Å²) in [6.45, 7) is 3.41. The standard InChI is InChI=1S/C12H15BrN2O/c1-8-3-2-4-10(11(8)13)12(16)15-6-5-9(14)7-15/h2-4,9H,5-7,14H2,1H3/t9-/m1/s1. The van der Waals surface area contributed by atoms with Crippen LogP contribution in [0.4, 0.5) is 0 Å². The molecule has 1 amide bonds. The van der Waals surface area contributed by atoms with Gasteiger partial charge in [0.15, 0.2) is 0 Å². The van der Waals surface area contributed by atoms with Gasteiger partial charge in [-0.2, -0.15) is 0 Å². The van der Waals surface area contributed by atoms with Crippen LogP contribution in [0.25, 0.3) is 0 Å². The van der Waals surface area contributed by atoms with Crippen LogP contribution in [0.5, 0.6) is 0 Å². The fourth-order valence-corrected chi connectivity index (χ4v) is 2.39. The Kier molecular flexibility index (Phi) is 3.30. The summed E-state index contributed by atoms with van der Waals surface area (Å²) in [5.74, 6) is 0.0727. The quantitative estimate of drug-likeness (QED) is 0.856. The van der Waals surface area contributed by atoms with Crippen molar-refractivity contribution in [1.82, 2.24) is 4.90 Å². The highest BCUT2D eigenvalue weighted by Gasteiger charge is 2.25.